The molecule has 136 valence electrons. The maximum absolute atomic E-state index is 12.3. The summed E-state index contributed by atoms with van der Waals surface area (Å²) in [5.41, 5.74) is 3.31. The molecule has 8 heteroatoms. The summed E-state index contributed by atoms with van der Waals surface area (Å²) in [6.45, 7) is 5.98. The van der Waals surface area contributed by atoms with E-state index in [0.717, 1.165) is 22.5 Å². The fourth-order valence-electron chi connectivity index (χ4n) is 2.53. The van der Waals surface area contributed by atoms with Crippen LogP contribution >= 0.6 is 11.3 Å². The van der Waals surface area contributed by atoms with E-state index in [4.69, 9.17) is 0 Å². The molecule has 2 N–H and O–H groups in total. The van der Waals surface area contributed by atoms with Crippen molar-refractivity contribution in [2.75, 3.05) is 10.0 Å². The smallest absolute Gasteiger partial charge is 0.272 e. The fraction of sp³-hybridized carbons (Fsp3) is 0.222. The molecule has 0 spiro atoms. The van der Waals surface area contributed by atoms with Crippen molar-refractivity contribution in [2.24, 2.45) is 0 Å². The van der Waals surface area contributed by atoms with Crippen molar-refractivity contribution in [1.82, 2.24) is 10.2 Å². The third-order valence-electron chi connectivity index (χ3n) is 3.88. The minimum atomic E-state index is -3.64. The van der Waals surface area contributed by atoms with Gasteiger partial charge in [0, 0.05) is 10.6 Å². The maximum Gasteiger partial charge on any atom is 0.272 e. The van der Waals surface area contributed by atoms with Gasteiger partial charge in [-0.05, 0) is 55.7 Å². The Morgan fingerprint density at radius 3 is 2.35 bits per heavy atom. The monoisotopic (exact) mass is 388 g/mol. The van der Waals surface area contributed by atoms with Gasteiger partial charge in [-0.25, -0.2) is 8.42 Å². The van der Waals surface area contributed by atoms with Crippen molar-refractivity contribution >= 4 is 38.7 Å². The van der Waals surface area contributed by atoms with Crippen molar-refractivity contribution in [3.8, 4) is 0 Å². The number of hydrogen-bond donors (Lipinski definition) is 2. The Hall–Kier alpha value is -2.45. The summed E-state index contributed by atoms with van der Waals surface area (Å²) in [7, 11) is -3.64. The highest BCUT2D eigenvalue weighted by Crippen LogP contribution is 2.25. The lowest BCUT2D eigenvalue weighted by atomic mass is 10.1. The molecule has 0 saturated carbocycles. The fourth-order valence-corrected chi connectivity index (χ4v) is 4.81. The van der Waals surface area contributed by atoms with Crippen molar-refractivity contribution in [2.45, 2.75) is 31.4 Å². The molecule has 2 heterocycles. The van der Waals surface area contributed by atoms with Gasteiger partial charge in [0.05, 0.1) is 0 Å². The summed E-state index contributed by atoms with van der Waals surface area (Å²) in [5, 5.41) is 11.3. The van der Waals surface area contributed by atoms with Crippen molar-refractivity contribution in [3.05, 3.63) is 58.5 Å². The molecule has 0 saturated heterocycles. The van der Waals surface area contributed by atoms with Gasteiger partial charge in [0.2, 0.25) is 0 Å². The number of sulfonamides is 1. The Kier molecular flexibility index (Phi) is 5.24. The Morgan fingerprint density at radius 1 is 1.00 bits per heavy atom. The van der Waals surface area contributed by atoms with Gasteiger partial charge in [0.15, 0.2) is 11.6 Å². The second kappa shape index (κ2) is 7.43. The predicted octanol–water partition coefficient (Wildman–Crippen LogP) is 4.26. The molecule has 6 nitrogen and oxygen atoms in total. The molecule has 0 amide bonds. The molecular formula is C18H20N4O2S2. The van der Waals surface area contributed by atoms with Crippen LogP contribution < -0.4 is 10.0 Å². The SMILES string of the molecule is CCc1cccc(C)c1Nc1ccc(NS(=O)(=O)c2ccc(C)s2)nn1. The van der Waals surface area contributed by atoms with Crippen LogP contribution in [0, 0.1) is 13.8 Å². The maximum atomic E-state index is 12.3. The van der Waals surface area contributed by atoms with Crippen LogP contribution in [0.15, 0.2) is 46.7 Å². The summed E-state index contributed by atoms with van der Waals surface area (Å²) in [6, 6.07) is 12.8. The third-order valence-corrected chi connectivity index (χ3v) is 6.72. The number of benzene rings is 1. The zero-order chi connectivity index (χ0) is 18.7. The van der Waals surface area contributed by atoms with Crippen LogP contribution in [-0.4, -0.2) is 18.6 Å². The molecule has 0 bridgehead atoms. The molecule has 0 aliphatic carbocycles. The molecule has 0 radical (unpaired) electrons. The first-order chi connectivity index (χ1) is 12.4. The first kappa shape index (κ1) is 18.3. The van der Waals surface area contributed by atoms with Crippen LogP contribution in [0.1, 0.15) is 22.9 Å². The Labute approximate surface area is 157 Å². The topological polar surface area (TPSA) is 84.0 Å². The highest BCUT2D eigenvalue weighted by molar-refractivity contribution is 7.94. The number of rotatable bonds is 6. The van der Waals surface area contributed by atoms with E-state index in [2.05, 4.69) is 33.2 Å². The number of nitrogens with one attached hydrogen (secondary N) is 2. The minimum absolute atomic E-state index is 0.183. The summed E-state index contributed by atoms with van der Waals surface area (Å²) >= 11 is 1.21. The van der Waals surface area contributed by atoms with Gasteiger partial charge >= 0.3 is 0 Å². The van der Waals surface area contributed by atoms with E-state index < -0.39 is 10.0 Å². The number of thiophene rings is 1. The second-order valence-electron chi connectivity index (χ2n) is 5.86. The summed E-state index contributed by atoms with van der Waals surface area (Å²) in [4.78, 5) is 0.931. The average Bonchev–Trinajstić information content (AvgIpc) is 3.05. The molecule has 1 aromatic carbocycles. The molecule has 0 unspecified atom stereocenters. The van der Waals surface area contributed by atoms with E-state index >= 15 is 0 Å². The minimum Gasteiger partial charge on any atom is -0.338 e. The Morgan fingerprint density at radius 2 is 1.73 bits per heavy atom. The van der Waals surface area contributed by atoms with E-state index in [-0.39, 0.29) is 10.0 Å². The van der Waals surface area contributed by atoms with Gasteiger partial charge < -0.3 is 5.32 Å². The lowest BCUT2D eigenvalue weighted by Crippen LogP contribution is -2.13. The van der Waals surface area contributed by atoms with Crippen molar-refractivity contribution < 1.29 is 8.42 Å². The largest absolute Gasteiger partial charge is 0.338 e. The average molecular weight is 389 g/mol. The normalized spacial score (nSPS) is 11.3. The van der Waals surface area contributed by atoms with Crippen LogP contribution in [0.2, 0.25) is 0 Å². The molecule has 3 rings (SSSR count). The highest BCUT2D eigenvalue weighted by atomic mass is 32.2. The van der Waals surface area contributed by atoms with E-state index in [1.54, 1.807) is 24.3 Å². The van der Waals surface area contributed by atoms with Crippen LogP contribution in [0.4, 0.5) is 17.3 Å². The highest BCUT2D eigenvalue weighted by Gasteiger charge is 2.17. The molecule has 0 aliphatic heterocycles. The predicted molar refractivity (Wildman–Crippen MR) is 106 cm³/mol. The molecule has 26 heavy (non-hydrogen) atoms. The zero-order valence-electron chi connectivity index (χ0n) is 14.8. The van der Waals surface area contributed by atoms with Gasteiger partial charge in [-0.15, -0.1) is 21.5 Å². The van der Waals surface area contributed by atoms with Gasteiger partial charge in [0.25, 0.3) is 10.0 Å². The molecule has 0 aliphatic rings. The molecule has 3 aromatic rings. The molecule has 0 fully saturated rings. The van der Waals surface area contributed by atoms with Crippen LogP contribution in [-0.2, 0) is 16.4 Å². The van der Waals surface area contributed by atoms with Crippen LogP contribution in [0.5, 0.6) is 0 Å². The lowest BCUT2D eigenvalue weighted by Gasteiger charge is -2.13. The van der Waals surface area contributed by atoms with E-state index in [1.165, 1.54) is 16.9 Å². The zero-order valence-corrected chi connectivity index (χ0v) is 16.4. The van der Waals surface area contributed by atoms with E-state index in [1.807, 2.05) is 26.0 Å². The first-order valence-corrected chi connectivity index (χ1v) is 10.5. The molecular weight excluding hydrogens is 368 g/mol. The Balaban J connectivity index is 1.77. The molecule has 0 atom stereocenters. The van der Waals surface area contributed by atoms with Gasteiger partial charge in [-0.2, -0.15) is 0 Å². The van der Waals surface area contributed by atoms with E-state index in [0.29, 0.717) is 5.82 Å². The number of anilines is 3. The summed E-state index contributed by atoms with van der Waals surface area (Å²) in [5.74, 6) is 0.742. The van der Waals surface area contributed by atoms with Crippen molar-refractivity contribution in [3.63, 3.8) is 0 Å². The summed E-state index contributed by atoms with van der Waals surface area (Å²) in [6.07, 6.45) is 0.898. The van der Waals surface area contributed by atoms with Gasteiger partial charge in [0.1, 0.15) is 4.21 Å². The van der Waals surface area contributed by atoms with E-state index in [9.17, 15) is 8.42 Å². The lowest BCUT2D eigenvalue weighted by molar-refractivity contribution is 0.603. The van der Waals surface area contributed by atoms with Crippen LogP contribution in [0.3, 0.4) is 0 Å². The first-order valence-electron chi connectivity index (χ1n) is 8.17. The van der Waals surface area contributed by atoms with Gasteiger partial charge in [-0.3, -0.25) is 4.72 Å². The van der Waals surface area contributed by atoms with Gasteiger partial charge in [-0.1, -0.05) is 25.1 Å². The third kappa shape index (κ3) is 4.03. The van der Waals surface area contributed by atoms with Crippen molar-refractivity contribution in [1.29, 1.82) is 0 Å². The standard InChI is InChI=1S/C18H20N4O2S2/c1-4-14-7-5-6-12(2)18(14)19-15-9-10-16(21-20-15)22-26(23,24)17-11-8-13(3)25-17/h5-11H,4H2,1-3H3,(H,19,20)(H,21,22). The molecule has 2 aromatic heterocycles. The second-order valence-corrected chi connectivity index (χ2v) is 9.06. The number of aryl methyl sites for hydroxylation is 3. The summed E-state index contributed by atoms with van der Waals surface area (Å²) < 4.78 is 27.4. The Bertz CT molecular complexity index is 1010. The number of para-hydroxylation sites is 1. The quantitative estimate of drug-likeness (QED) is 0.659. The van der Waals surface area contributed by atoms with Crippen LogP contribution in [0.25, 0.3) is 0 Å². The number of hydrogen-bond acceptors (Lipinski definition) is 6. The number of aromatic nitrogens is 2. The number of nitrogens with zero attached hydrogens (tertiary/aromatic N) is 2.